The molecule has 0 saturated carbocycles. The molecule has 0 aliphatic rings. The first-order valence-corrected chi connectivity index (χ1v) is 5.64. The number of ether oxygens (including phenoxy) is 1. The van der Waals surface area contributed by atoms with Crippen molar-refractivity contribution in [2.24, 2.45) is 0 Å². The number of pyridine rings is 1. The summed E-state index contributed by atoms with van der Waals surface area (Å²) in [4.78, 5) is 24.8. The lowest BCUT2D eigenvalue weighted by atomic mass is 10.2. The molecule has 0 aliphatic carbocycles. The van der Waals surface area contributed by atoms with Gasteiger partial charge in [0.25, 0.3) is 0 Å². The third-order valence-corrected chi connectivity index (χ3v) is 2.27. The van der Waals surface area contributed by atoms with Crippen LogP contribution in [0.5, 0.6) is 5.75 Å². The van der Waals surface area contributed by atoms with Crippen molar-refractivity contribution in [3.8, 4) is 5.75 Å². The Morgan fingerprint density at radius 3 is 2.67 bits per heavy atom. The topological polar surface area (TPSA) is 96.7 Å². The Balaban J connectivity index is 2.31. The molecule has 2 N–H and O–H groups in total. The maximum Gasteiger partial charge on any atom is 0.358 e. The van der Waals surface area contributed by atoms with E-state index in [1.165, 1.54) is 6.20 Å². The molecule has 6 nitrogen and oxygen atoms in total. The molecule has 0 fully saturated rings. The average molecular weight is 253 g/mol. The zero-order valence-electron chi connectivity index (χ0n) is 9.83. The lowest BCUT2D eigenvalue weighted by Gasteiger charge is -2.07. The van der Waals surface area contributed by atoms with Gasteiger partial charge in [-0.05, 0) is 31.4 Å². The van der Waals surface area contributed by atoms with Crippen LogP contribution in [0.25, 0.3) is 0 Å². The van der Waals surface area contributed by atoms with E-state index in [9.17, 15) is 9.59 Å². The van der Waals surface area contributed by atoms with Crippen molar-refractivity contribution >= 4 is 11.9 Å². The molecular formula is C12H15NO5. The van der Waals surface area contributed by atoms with E-state index in [1.54, 1.807) is 12.1 Å². The molecular weight excluding hydrogens is 238 g/mol. The second kappa shape index (κ2) is 7.26. The summed E-state index contributed by atoms with van der Waals surface area (Å²) in [7, 11) is 0. The molecule has 0 aromatic carbocycles. The highest BCUT2D eigenvalue weighted by Gasteiger charge is 2.11. The molecule has 1 aromatic rings. The third kappa shape index (κ3) is 4.82. The molecule has 18 heavy (non-hydrogen) atoms. The number of carboxylic acids is 2. The Morgan fingerprint density at radius 1 is 1.22 bits per heavy atom. The van der Waals surface area contributed by atoms with E-state index in [-0.39, 0.29) is 17.9 Å². The minimum absolute atomic E-state index is 0.108. The van der Waals surface area contributed by atoms with Crippen LogP contribution in [-0.2, 0) is 4.79 Å². The van der Waals surface area contributed by atoms with Crippen molar-refractivity contribution in [1.29, 1.82) is 0 Å². The lowest BCUT2D eigenvalue weighted by Crippen LogP contribution is -2.06. The summed E-state index contributed by atoms with van der Waals surface area (Å²) in [6.45, 7) is 0.353. The second-order valence-corrected chi connectivity index (χ2v) is 3.71. The van der Waals surface area contributed by atoms with Crippen molar-refractivity contribution in [2.75, 3.05) is 6.61 Å². The normalized spacial score (nSPS) is 10.0. The number of carbonyl (C=O) groups is 2. The van der Waals surface area contributed by atoms with Crippen molar-refractivity contribution in [2.45, 2.75) is 25.7 Å². The fraction of sp³-hybridized carbons (Fsp3) is 0.417. The second-order valence-electron chi connectivity index (χ2n) is 3.71. The highest BCUT2D eigenvalue weighted by atomic mass is 16.5. The predicted molar refractivity (Wildman–Crippen MR) is 62.8 cm³/mol. The van der Waals surface area contributed by atoms with Crippen LogP contribution >= 0.6 is 0 Å². The first kappa shape index (κ1) is 14.0. The van der Waals surface area contributed by atoms with Crippen molar-refractivity contribution < 1.29 is 24.5 Å². The molecule has 0 bridgehead atoms. The summed E-state index contributed by atoms with van der Waals surface area (Å²) >= 11 is 0. The molecule has 0 spiro atoms. The maximum atomic E-state index is 10.8. The SMILES string of the molecule is O=C(O)CCCCCOc1cccnc1C(=O)O. The molecule has 0 aliphatic heterocycles. The zero-order valence-corrected chi connectivity index (χ0v) is 9.83. The number of rotatable bonds is 8. The Kier molecular flexibility index (Phi) is 5.63. The zero-order chi connectivity index (χ0) is 13.4. The van der Waals surface area contributed by atoms with Crippen LogP contribution in [0.4, 0.5) is 0 Å². The number of unbranched alkanes of at least 4 members (excludes halogenated alkanes) is 2. The van der Waals surface area contributed by atoms with Crippen LogP contribution in [0, 0.1) is 0 Å². The monoisotopic (exact) mass is 253 g/mol. The molecule has 0 saturated heterocycles. The standard InChI is InChI=1S/C12H15NO5/c14-10(15)6-2-1-3-8-18-9-5-4-7-13-11(9)12(16)17/h4-5,7H,1-3,6,8H2,(H,14,15)(H,16,17). The lowest BCUT2D eigenvalue weighted by molar-refractivity contribution is -0.137. The van der Waals surface area contributed by atoms with Crippen molar-refractivity contribution in [3.05, 3.63) is 24.0 Å². The molecule has 1 aromatic heterocycles. The summed E-state index contributed by atoms with van der Waals surface area (Å²) in [5, 5.41) is 17.3. The van der Waals surface area contributed by atoms with Gasteiger partial charge in [0.15, 0.2) is 11.4 Å². The Labute approximate surface area is 104 Å². The van der Waals surface area contributed by atoms with E-state index in [0.717, 1.165) is 6.42 Å². The van der Waals surface area contributed by atoms with Gasteiger partial charge in [-0.15, -0.1) is 0 Å². The Morgan fingerprint density at radius 2 is 2.00 bits per heavy atom. The molecule has 0 radical (unpaired) electrons. The minimum Gasteiger partial charge on any atom is -0.491 e. The van der Waals surface area contributed by atoms with E-state index >= 15 is 0 Å². The predicted octanol–water partition coefficient (Wildman–Crippen LogP) is 1.80. The number of carboxylic acid groups (broad SMARTS) is 2. The van der Waals surface area contributed by atoms with E-state index in [0.29, 0.717) is 19.4 Å². The largest absolute Gasteiger partial charge is 0.491 e. The van der Waals surface area contributed by atoms with Crippen LogP contribution in [0.2, 0.25) is 0 Å². The van der Waals surface area contributed by atoms with Gasteiger partial charge < -0.3 is 14.9 Å². The Bertz CT molecular complexity index is 419. The number of nitrogens with zero attached hydrogens (tertiary/aromatic N) is 1. The van der Waals surface area contributed by atoms with Gasteiger partial charge in [-0.2, -0.15) is 0 Å². The summed E-state index contributed by atoms with van der Waals surface area (Å²) in [6.07, 6.45) is 3.55. The summed E-state index contributed by atoms with van der Waals surface area (Å²) in [6, 6.07) is 3.15. The van der Waals surface area contributed by atoms with Gasteiger partial charge in [-0.25, -0.2) is 9.78 Å². The number of aliphatic carboxylic acids is 1. The van der Waals surface area contributed by atoms with Crippen LogP contribution in [0.3, 0.4) is 0 Å². The highest BCUT2D eigenvalue weighted by molar-refractivity contribution is 5.88. The van der Waals surface area contributed by atoms with Gasteiger partial charge in [-0.3, -0.25) is 4.79 Å². The van der Waals surface area contributed by atoms with Gasteiger partial charge >= 0.3 is 11.9 Å². The Hall–Kier alpha value is -2.11. The van der Waals surface area contributed by atoms with E-state index in [1.807, 2.05) is 0 Å². The average Bonchev–Trinajstić information content (AvgIpc) is 2.33. The number of aromatic carboxylic acids is 1. The number of hydrogen-bond donors (Lipinski definition) is 2. The quantitative estimate of drug-likeness (QED) is 0.686. The summed E-state index contributed by atoms with van der Waals surface area (Å²) < 4.78 is 5.31. The highest BCUT2D eigenvalue weighted by Crippen LogP contribution is 2.15. The van der Waals surface area contributed by atoms with Gasteiger partial charge in [0.05, 0.1) is 6.61 Å². The van der Waals surface area contributed by atoms with Crippen LogP contribution < -0.4 is 4.74 Å². The fourth-order valence-corrected chi connectivity index (χ4v) is 1.40. The first-order valence-electron chi connectivity index (χ1n) is 5.64. The van der Waals surface area contributed by atoms with Gasteiger partial charge in [0.2, 0.25) is 0 Å². The smallest absolute Gasteiger partial charge is 0.358 e. The molecule has 1 rings (SSSR count). The molecule has 0 amide bonds. The molecule has 1 heterocycles. The first-order chi connectivity index (χ1) is 8.61. The van der Waals surface area contributed by atoms with Crippen LogP contribution in [-0.4, -0.2) is 33.7 Å². The summed E-state index contributed by atoms with van der Waals surface area (Å²) in [5.74, 6) is -1.70. The van der Waals surface area contributed by atoms with Crippen molar-refractivity contribution in [1.82, 2.24) is 4.98 Å². The van der Waals surface area contributed by atoms with Gasteiger partial charge in [-0.1, -0.05) is 0 Å². The summed E-state index contributed by atoms with van der Waals surface area (Å²) in [5.41, 5.74) is -0.108. The maximum absolute atomic E-state index is 10.8. The third-order valence-electron chi connectivity index (χ3n) is 2.27. The van der Waals surface area contributed by atoms with Gasteiger partial charge in [0.1, 0.15) is 0 Å². The van der Waals surface area contributed by atoms with Gasteiger partial charge in [0, 0.05) is 12.6 Å². The molecule has 0 atom stereocenters. The van der Waals surface area contributed by atoms with Crippen LogP contribution in [0.15, 0.2) is 18.3 Å². The molecule has 98 valence electrons. The van der Waals surface area contributed by atoms with E-state index < -0.39 is 11.9 Å². The molecule has 0 unspecified atom stereocenters. The number of hydrogen-bond acceptors (Lipinski definition) is 4. The molecule has 6 heteroatoms. The van der Waals surface area contributed by atoms with E-state index in [2.05, 4.69) is 4.98 Å². The fourth-order valence-electron chi connectivity index (χ4n) is 1.40. The van der Waals surface area contributed by atoms with Crippen molar-refractivity contribution in [3.63, 3.8) is 0 Å². The van der Waals surface area contributed by atoms with Crippen LogP contribution in [0.1, 0.15) is 36.2 Å². The minimum atomic E-state index is -1.13. The number of aromatic nitrogens is 1. The van der Waals surface area contributed by atoms with E-state index in [4.69, 9.17) is 14.9 Å².